The number of hydrogen-bond acceptors (Lipinski definition) is 6. The lowest BCUT2D eigenvalue weighted by molar-refractivity contribution is -0.729. The summed E-state index contributed by atoms with van der Waals surface area (Å²) >= 11 is 0. The fraction of sp³-hybridized carbons (Fsp3) is 0.200. The number of hydrogen-bond donors (Lipinski definition) is 0. The van der Waals surface area contributed by atoms with Gasteiger partial charge in [0.15, 0.2) is 0 Å². The summed E-state index contributed by atoms with van der Waals surface area (Å²) in [5, 5.41) is 8.51. The maximum atomic E-state index is 11.1. The van der Waals surface area contributed by atoms with Crippen molar-refractivity contribution < 1.29 is 24.3 Å². The monoisotopic (exact) mass is 239 g/mol. The van der Waals surface area contributed by atoms with Gasteiger partial charge in [-0.2, -0.15) is 0 Å². The van der Waals surface area contributed by atoms with Crippen LogP contribution in [-0.2, 0) is 25.8 Å². The molecule has 7 heteroatoms. The minimum Gasteiger partial charge on any atom is -0.460 e. The van der Waals surface area contributed by atoms with Gasteiger partial charge in [-0.05, 0) is 5.56 Å². The van der Waals surface area contributed by atoms with Crippen molar-refractivity contribution in [3.8, 4) is 0 Å². The molecule has 0 aromatic heterocycles. The fourth-order valence-corrected chi connectivity index (χ4v) is 1.02. The van der Waals surface area contributed by atoms with E-state index in [1.54, 1.807) is 30.3 Å². The molecule has 0 saturated carbocycles. The Hall–Kier alpha value is -2.44. The van der Waals surface area contributed by atoms with Gasteiger partial charge in [0, 0.05) is 0 Å². The van der Waals surface area contributed by atoms with E-state index in [1.165, 1.54) is 0 Å². The highest BCUT2D eigenvalue weighted by Gasteiger charge is 2.14. The van der Waals surface area contributed by atoms with Crippen molar-refractivity contribution in [2.45, 2.75) is 13.0 Å². The molecule has 17 heavy (non-hydrogen) atoms. The van der Waals surface area contributed by atoms with Gasteiger partial charge in [-0.15, -0.1) is 10.1 Å². The summed E-state index contributed by atoms with van der Waals surface area (Å²) in [7, 11) is 0. The second-order valence-corrected chi connectivity index (χ2v) is 3.01. The van der Waals surface area contributed by atoms with Gasteiger partial charge < -0.3 is 4.74 Å². The Morgan fingerprint density at radius 1 is 1.18 bits per heavy atom. The van der Waals surface area contributed by atoms with Gasteiger partial charge in [0.05, 0.1) is 0 Å². The average Bonchev–Trinajstić information content (AvgIpc) is 2.26. The number of rotatable bonds is 5. The second-order valence-electron chi connectivity index (χ2n) is 3.01. The van der Waals surface area contributed by atoms with Crippen LogP contribution in [0.5, 0.6) is 0 Å². The van der Waals surface area contributed by atoms with Crippen molar-refractivity contribution in [3.63, 3.8) is 0 Å². The molecular weight excluding hydrogens is 230 g/mol. The van der Waals surface area contributed by atoms with E-state index < -0.39 is 23.4 Å². The summed E-state index contributed by atoms with van der Waals surface area (Å²) in [4.78, 5) is 35.1. The molecule has 0 amide bonds. The summed E-state index contributed by atoms with van der Waals surface area (Å²) in [5.74, 6) is -2.13. The Kier molecular flexibility index (Phi) is 4.61. The van der Waals surface area contributed by atoms with Gasteiger partial charge in [-0.25, -0.2) is 4.84 Å². The van der Waals surface area contributed by atoms with Crippen molar-refractivity contribution in [3.05, 3.63) is 46.0 Å². The molecule has 0 saturated heterocycles. The van der Waals surface area contributed by atoms with Crippen LogP contribution < -0.4 is 0 Å². The van der Waals surface area contributed by atoms with Gasteiger partial charge in [0.2, 0.25) is 0 Å². The van der Waals surface area contributed by atoms with Crippen LogP contribution in [0.15, 0.2) is 30.3 Å². The molecule has 1 aromatic carbocycles. The number of esters is 1. The van der Waals surface area contributed by atoms with E-state index in [4.69, 9.17) is 4.74 Å². The van der Waals surface area contributed by atoms with E-state index in [9.17, 15) is 19.7 Å². The van der Waals surface area contributed by atoms with E-state index in [1.807, 2.05) is 0 Å². The largest absolute Gasteiger partial charge is 0.460 e. The Morgan fingerprint density at radius 3 is 2.41 bits per heavy atom. The third kappa shape index (κ3) is 5.26. The van der Waals surface area contributed by atoms with Crippen LogP contribution in [0.1, 0.15) is 12.0 Å². The Bertz CT molecular complexity index is 416. The lowest BCUT2D eigenvalue weighted by Gasteiger charge is -2.03. The van der Waals surface area contributed by atoms with Crippen molar-refractivity contribution >= 4 is 11.9 Å². The predicted molar refractivity (Wildman–Crippen MR) is 53.9 cm³/mol. The highest BCUT2D eigenvalue weighted by Crippen LogP contribution is 2.02. The van der Waals surface area contributed by atoms with E-state index in [2.05, 4.69) is 4.84 Å². The first-order chi connectivity index (χ1) is 8.08. The highest BCUT2D eigenvalue weighted by atomic mass is 17.0. The predicted octanol–water partition coefficient (Wildman–Crippen LogP) is 0.855. The van der Waals surface area contributed by atoms with Crippen LogP contribution in [0.25, 0.3) is 0 Å². The number of nitrogens with zero attached hydrogens (tertiary/aromatic N) is 1. The Balaban J connectivity index is 2.31. The first-order valence-electron chi connectivity index (χ1n) is 4.62. The van der Waals surface area contributed by atoms with Gasteiger partial charge in [-0.3, -0.25) is 9.59 Å². The van der Waals surface area contributed by atoms with Gasteiger partial charge in [0.25, 0.3) is 0 Å². The quantitative estimate of drug-likeness (QED) is 0.327. The third-order valence-corrected chi connectivity index (χ3v) is 1.71. The number of benzene rings is 1. The molecule has 0 radical (unpaired) electrons. The standard InChI is InChI=1S/C10H9NO6/c12-9(6-10(13)17-11(14)15)16-7-8-4-2-1-3-5-8/h1-5H,6-7H2. The lowest BCUT2D eigenvalue weighted by atomic mass is 10.2. The number of carbonyl (C=O) groups excluding carboxylic acids is 2. The smallest absolute Gasteiger partial charge is 0.315 e. The second kappa shape index (κ2) is 6.21. The van der Waals surface area contributed by atoms with Crippen LogP contribution in [0.3, 0.4) is 0 Å². The van der Waals surface area contributed by atoms with Gasteiger partial charge >= 0.3 is 17.0 Å². The molecule has 0 heterocycles. The van der Waals surface area contributed by atoms with Crippen molar-refractivity contribution in [1.82, 2.24) is 0 Å². The molecule has 0 bridgehead atoms. The van der Waals surface area contributed by atoms with E-state index >= 15 is 0 Å². The lowest BCUT2D eigenvalue weighted by Crippen LogP contribution is -2.16. The number of carbonyl (C=O) groups is 2. The molecule has 1 rings (SSSR count). The summed E-state index contributed by atoms with van der Waals surface area (Å²) in [6, 6.07) is 8.82. The minimum absolute atomic E-state index is 0.00537. The molecule has 0 aliphatic carbocycles. The summed E-state index contributed by atoms with van der Waals surface area (Å²) in [6.07, 6.45) is -0.784. The molecule has 0 N–H and O–H groups in total. The zero-order valence-corrected chi connectivity index (χ0v) is 8.70. The molecule has 0 aliphatic rings. The fourth-order valence-electron chi connectivity index (χ4n) is 1.02. The number of ether oxygens (including phenoxy) is 1. The average molecular weight is 239 g/mol. The molecule has 0 spiro atoms. The molecule has 1 aromatic rings. The van der Waals surface area contributed by atoms with Crippen LogP contribution in [0.4, 0.5) is 0 Å². The SMILES string of the molecule is O=C(CC(=O)O[N+](=O)[O-])OCc1ccccc1. The summed E-state index contributed by atoms with van der Waals surface area (Å²) in [6.45, 7) is 0.00537. The van der Waals surface area contributed by atoms with Crippen LogP contribution >= 0.6 is 0 Å². The van der Waals surface area contributed by atoms with Crippen LogP contribution in [0, 0.1) is 10.1 Å². The summed E-state index contributed by atoms with van der Waals surface area (Å²) in [5.41, 5.74) is 0.753. The van der Waals surface area contributed by atoms with Crippen LogP contribution in [0.2, 0.25) is 0 Å². The molecule has 0 unspecified atom stereocenters. The maximum absolute atomic E-state index is 11.1. The van der Waals surface area contributed by atoms with E-state index in [0.29, 0.717) is 0 Å². The normalized spacial score (nSPS) is 9.41. The molecule has 0 atom stereocenters. The van der Waals surface area contributed by atoms with Crippen molar-refractivity contribution in [2.24, 2.45) is 0 Å². The van der Waals surface area contributed by atoms with Gasteiger partial charge in [0.1, 0.15) is 13.0 Å². The van der Waals surface area contributed by atoms with Crippen molar-refractivity contribution in [2.75, 3.05) is 0 Å². The topological polar surface area (TPSA) is 95.7 Å². The molecule has 7 nitrogen and oxygen atoms in total. The minimum atomic E-state index is -1.27. The van der Waals surface area contributed by atoms with Crippen LogP contribution in [-0.4, -0.2) is 17.0 Å². The molecule has 0 fully saturated rings. The van der Waals surface area contributed by atoms with E-state index in [0.717, 1.165) is 5.56 Å². The Morgan fingerprint density at radius 2 is 1.82 bits per heavy atom. The Labute approximate surface area is 96.0 Å². The summed E-state index contributed by atoms with van der Waals surface area (Å²) < 4.78 is 4.72. The van der Waals surface area contributed by atoms with Gasteiger partial charge in [-0.1, -0.05) is 30.3 Å². The highest BCUT2D eigenvalue weighted by molar-refractivity contribution is 5.90. The zero-order valence-electron chi connectivity index (χ0n) is 8.70. The first-order valence-corrected chi connectivity index (χ1v) is 4.62. The first kappa shape index (κ1) is 12.6. The zero-order chi connectivity index (χ0) is 12.7. The molecule has 90 valence electrons. The molecular formula is C10H9NO6. The third-order valence-electron chi connectivity index (χ3n) is 1.71. The maximum Gasteiger partial charge on any atom is 0.315 e. The van der Waals surface area contributed by atoms with Crippen molar-refractivity contribution in [1.29, 1.82) is 0 Å². The van der Waals surface area contributed by atoms with E-state index in [-0.39, 0.29) is 6.61 Å². The molecule has 0 aliphatic heterocycles.